The molecule has 1 aliphatic heterocycles. The molecule has 0 saturated heterocycles. The van der Waals surface area contributed by atoms with Gasteiger partial charge in [0.05, 0.1) is 11.4 Å². The Bertz CT molecular complexity index is 921. The minimum Gasteiger partial charge on any atom is -0.346 e. The number of allylic oxidation sites excluding steroid dienone is 1. The number of rotatable bonds is 7. The Morgan fingerprint density at radius 1 is 1.43 bits per heavy atom. The van der Waals surface area contributed by atoms with Crippen LogP contribution < -0.4 is 5.84 Å². The third-order valence-electron chi connectivity index (χ3n) is 3.69. The lowest BCUT2D eigenvalue weighted by atomic mass is 10.1. The lowest BCUT2D eigenvalue weighted by molar-refractivity contribution is -0.126. The van der Waals surface area contributed by atoms with Crippen LogP contribution in [-0.2, 0) is 14.8 Å². The van der Waals surface area contributed by atoms with Gasteiger partial charge in [0, 0.05) is 18.0 Å². The Morgan fingerprint density at radius 3 is 2.64 bits per heavy atom. The van der Waals surface area contributed by atoms with Gasteiger partial charge in [-0.3, -0.25) is 9.59 Å². The topological polar surface area (TPSA) is 101 Å². The number of carbonyl (C=O) groups is 2. The van der Waals surface area contributed by atoms with Crippen LogP contribution in [0.3, 0.4) is 0 Å². The van der Waals surface area contributed by atoms with Crippen LogP contribution >= 0.6 is 11.3 Å². The van der Waals surface area contributed by atoms with Crippen molar-refractivity contribution in [3.63, 3.8) is 0 Å². The van der Waals surface area contributed by atoms with Gasteiger partial charge in [-0.1, -0.05) is 18.2 Å². The van der Waals surface area contributed by atoms with Crippen LogP contribution in [0.15, 0.2) is 54.2 Å². The molecule has 0 fully saturated rings. The Labute approximate surface area is 163 Å². The Kier molecular flexibility index (Phi) is 6.47. The monoisotopic (exact) mass is 435 g/mol. The zero-order valence-corrected chi connectivity index (χ0v) is 15.9. The number of hydrazine groups is 1. The number of nitrogens with two attached hydrogens (primary N) is 1. The first-order valence-corrected chi connectivity index (χ1v) is 10.1. The number of alkyl halides is 3. The van der Waals surface area contributed by atoms with E-state index in [1.54, 1.807) is 17.5 Å². The summed E-state index contributed by atoms with van der Waals surface area (Å²) in [7, 11) is -5.26. The fraction of sp³-hybridized carbons (Fsp3) is 0.250. The van der Waals surface area contributed by atoms with E-state index in [1.165, 1.54) is 34.7 Å². The molecule has 1 aromatic heterocycles. The number of halogens is 3. The number of ketones is 1. The summed E-state index contributed by atoms with van der Waals surface area (Å²) in [5.41, 5.74) is -0.183. The lowest BCUT2D eigenvalue weighted by Crippen LogP contribution is -2.51. The first-order valence-electron chi connectivity index (χ1n) is 7.70. The average Bonchev–Trinajstić information content (AvgIpc) is 3.14. The maximum Gasteiger partial charge on any atom is 0.410 e. The summed E-state index contributed by atoms with van der Waals surface area (Å²) in [5.74, 6) is 3.65. The van der Waals surface area contributed by atoms with Gasteiger partial charge in [0.2, 0.25) is 0 Å². The molecule has 0 aliphatic carbocycles. The van der Waals surface area contributed by atoms with Gasteiger partial charge in [-0.15, -0.1) is 17.9 Å². The summed E-state index contributed by atoms with van der Waals surface area (Å²) in [6.07, 6.45) is -0.942. The van der Waals surface area contributed by atoms with E-state index in [0.29, 0.717) is 4.88 Å². The summed E-state index contributed by atoms with van der Waals surface area (Å²) < 4.78 is 62.5. The van der Waals surface area contributed by atoms with Crippen LogP contribution in [0.4, 0.5) is 13.2 Å². The molecule has 1 unspecified atom stereocenters. The van der Waals surface area contributed by atoms with Crippen molar-refractivity contribution in [2.45, 2.75) is 17.8 Å². The van der Waals surface area contributed by atoms with Crippen molar-refractivity contribution in [2.24, 2.45) is 5.84 Å². The van der Waals surface area contributed by atoms with E-state index in [4.69, 9.17) is 5.84 Å². The second-order valence-electron chi connectivity index (χ2n) is 5.66. The molecule has 0 saturated carbocycles. The summed E-state index contributed by atoms with van der Waals surface area (Å²) in [6.45, 7) is 2.72. The molecule has 1 amide bonds. The fourth-order valence-corrected chi connectivity index (χ4v) is 4.17. The van der Waals surface area contributed by atoms with Gasteiger partial charge < -0.3 is 4.90 Å². The van der Waals surface area contributed by atoms with Crippen molar-refractivity contribution in [1.82, 2.24) is 9.31 Å². The largest absolute Gasteiger partial charge is 0.410 e. The highest BCUT2D eigenvalue weighted by atomic mass is 32.2. The van der Waals surface area contributed by atoms with Gasteiger partial charge in [0.25, 0.3) is 15.9 Å². The first kappa shape index (κ1) is 21.9. The van der Waals surface area contributed by atoms with Gasteiger partial charge in [0.1, 0.15) is 0 Å². The van der Waals surface area contributed by atoms with Crippen LogP contribution in [-0.4, -0.2) is 47.4 Å². The molecule has 28 heavy (non-hydrogen) atoms. The zero-order chi connectivity index (χ0) is 21.1. The maximum atomic E-state index is 12.9. The third kappa shape index (κ3) is 4.69. The Balaban J connectivity index is 2.19. The van der Waals surface area contributed by atoms with Gasteiger partial charge >= 0.3 is 6.18 Å². The van der Waals surface area contributed by atoms with E-state index >= 15 is 0 Å². The summed E-state index contributed by atoms with van der Waals surface area (Å²) >= 11 is 1.23. The Morgan fingerprint density at radius 2 is 2.11 bits per heavy atom. The molecule has 0 spiro atoms. The number of sulfonamides is 1. The van der Waals surface area contributed by atoms with E-state index in [1.807, 2.05) is 0 Å². The molecular formula is C16H16F3N3O4S2. The number of thiophene rings is 1. The maximum absolute atomic E-state index is 12.9. The smallest absolute Gasteiger partial charge is 0.346 e. The number of Topliss-reactive ketones (excluding diaryl/α,β-unsaturated/α-hetero) is 1. The minimum absolute atomic E-state index is 0.0590. The highest BCUT2D eigenvalue weighted by molar-refractivity contribution is 7.90. The predicted molar refractivity (Wildman–Crippen MR) is 97.2 cm³/mol. The van der Waals surface area contributed by atoms with Crippen molar-refractivity contribution in [3.8, 4) is 0 Å². The van der Waals surface area contributed by atoms with Crippen LogP contribution in [0.1, 0.15) is 16.1 Å². The second kappa shape index (κ2) is 8.29. The summed E-state index contributed by atoms with van der Waals surface area (Å²) in [6, 6.07) is 3.32. The molecule has 12 heteroatoms. The molecule has 2 heterocycles. The molecule has 0 bridgehead atoms. The van der Waals surface area contributed by atoms with Crippen LogP contribution in [0, 0.1) is 0 Å². The van der Waals surface area contributed by atoms with E-state index in [9.17, 15) is 31.2 Å². The van der Waals surface area contributed by atoms with E-state index in [-0.39, 0.29) is 30.4 Å². The van der Waals surface area contributed by atoms with Gasteiger partial charge in [-0.25, -0.2) is 14.3 Å². The quantitative estimate of drug-likeness (QED) is 0.232. The molecular weight excluding hydrogens is 419 g/mol. The summed E-state index contributed by atoms with van der Waals surface area (Å²) in [4.78, 5) is 26.3. The molecule has 2 rings (SSSR count). The summed E-state index contributed by atoms with van der Waals surface area (Å²) in [5, 5.41) is -1.30. The highest BCUT2D eigenvalue weighted by Crippen LogP contribution is 2.29. The van der Waals surface area contributed by atoms with Crippen molar-refractivity contribution in [1.29, 1.82) is 0 Å². The van der Waals surface area contributed by atoms with Gasteiger partial charge in [-0.2, -0.15) is 17.6 Å². The molecule has 7 nitrogen and oxygen atoms in total. The van der Waals surface area contributed by atoms with Crippen molar-refractivity contribution in [3.05, 3.63) is 59.1 Å². The molecule has 1 aliphatic rings. The normalized spacial score (nSPS) is 15.7. The van der Waals surface area contributed by atoms with Crippen molar-refractivity contribution >= 4 is 33.1 Å². The third-order valence-corrected chi connectivity index (χ3v) is 6.41. The van der Waals surface area contributed by atoms with Gasteiger partial charge in [0.15, 0.2) is 11.0 Å². The molecule has 0 aromatic carbocycles. The number of amides is 1. The molecule has 1 atom stereocenters. The Hall–Kier alpha value is -2.44. The fourth-order valence-electron chi connectivity index (χ4n) is 2.34. The number of nitrogens with zero attached hydrogens (tertiary/aromatic N) is 2. The van der Waals surface area contributed by atoms with Gasteiger partial charge in [-0.05, 0) is 17.9 Å². The van der Waals surface area contributed by atoms with Crippen LogP contribution in [0.2, 0.25) is 0 Å². The predicted octanol–water partition coefficient (Wildman–Crippen LogP) is 2.18. The number of carbonyl (C=O) groups excluding carboxylic acids is 2. The van der Waals surface area contributed by atoms with E-state index < -0.39 is 31.8 Å². The standard InChI is InChI=1S/C16H16F3N3O4S2/c1-2-14(16(17,18)19)28(25,26)22(20)15(24)11-5-3-7-21(9-11)10-12(23)13-6-4-8-27-13/h2-4,6-9,14H,1,5,10,20H2. The van der Waals surface area contributed by atoms with Crippen LogP contribution in [0.5, 0.6) is 0 Å². The number of hydrogen-bond donors (Lipinski definition) is 1. The zero-order valence-electron chi connectivity index (χ0n) is 14.3. The van der Waals surface area contributed by atoms with Crippen molar-refractivity contribution < 1.29 is 31.2 Å². The molecule has 2 N–H and O–H groups in total. The van der Waals surface area contributed by atoms with E-state index in [0.717, 1.165) is 0 Å². The minimum atomic E-state index is -5.26. The van der Waals surface area contributed by atoms with E-state index in [2.05, 4.69) is 6.58 Å². The highest BCUT2D eigenvalue weighted by Gasteiger charge is 2.50. The lowest BCUT2D eigenvalue weighted by Gasteiger charge is -2.26. The molecule has 0 radical (unpaired) electrons. The average molecular weight is 435 g/mol. The van der Waals surface area contributed by atoms with Crippen LogP contribution in [0.25, 0.3) is 0 Å². The molecule has 152 valence electrons. The molecule has 1 aromatic rings. The SMILES string of the molecule is C=CC(C(F)(F)F)S(=O)(=O)N(N)C(=O)C1=CN(CC(=O)c2cccs2)C=CC1. The first-order chi connectivity index (χ1) is 13.0. The number of hydrogen-bond acceptors (Lipinski definition) is 7. The van der Waals surface area contributed by atoms with Crippen molar-refractivity contribution in [2.75, 3.05) is 6.54 Å². The second-order valence-corrected chi connectivity index (χ2v) is 8.54.